The summed E-state index contributed by atoms with van der Waals surface area (Å²) >= 11 is 0. The maximum atomic E-state index is 12.5. The summed E-state index contributed by atoms with van der Waals surface area (Å²) in [7, 11) is 1.54. The van der Waals surface area contributed by atoms with Gasteiger partial charge in [0.05, 0.1) is 5.52 Å². The third-order valence-corrected chi connectivity index (χ3v) is 4.11. The van der Waals surface area contributed by atoms with Crippen LogP contribution in [0, 0.1) is 5.21 Å². The first-order chi connectivity index (χ1) is 12.4. The van der Waals surface area contributed by atoms with Crippen molar-refractivity contribution in [2.45, 2.75) is 0 Å². The van der Waals surface area contributed by atoms with E-state index in [2.05, 4.69) is 0 Å². The molecule has 132 valence electrons. The number of quaternary nitrogens is 1. The number of fused-ring (bicyclic) bond motifs is 1. The van der Waals surface area contributed by atoms with Gasteiger partial charge in [-0.05, 0) is 35.9 Å². The van der Waals surface area contributed by atoms with Crippen molar-refractivity contribution in [3.8, 4) is 5.75 Å². The van der Waals surface area contributed by atoms with E-state index in [9.17, 15) is 19.9 Å². The number of allylic oxidation sites excluding steroid dienone is 1. The van der Waals surface area contributed by atoms with Crippen LogP contribution in [-0.2, 0) is 7.05 Å². The molecule has 3 rings (SSSR count). The van der Waals surface area contributed by atoms with E-state index in [1.807, 2.05) is 0 Å². The van der Waals surface area contributed by atoms with Gasteiger partial charge in [0.25, 0.3) is 5.56 Å². The summed E-state index contributed by atoms with van der Waals surface area (Å²) in [5, 5.41) is 29.5. The van der Waals surface area contributed by atoms with Gasteiger partial charge in [0, 0.05) is 24.6 Å². The molecule has 1 unspecified atom stereocenters. The molecule has 7 heteroatoms. The predicted octanol–water partition coefficient (Wildman–Crippen LogP) is 1.54. The summed E-state index contributed by atoms with van der Waals surface area (Å²) in [5.41, 5.74) is 0.372. The molecule has 0 amide bonds. The van der Waals surface area contributed by atoms with E-state index in [0.29, 0.717) is 16.5 Å². The number of carbonyl (C=O) groups is 1. The van der Waals surface area contributed by atoms with E-state index >= 15 is 0 Å². The Morgan fingerprint density at radius 2 is 1.81 bits per heavy atom. The molecule has 26 heavy (non-hydrogen) atoms. The van der Waals surface area contributed by atoms with Crippen molar-refractivity contribution in [2.24, 2.45) is 7.05 Å². The highest BCUT2D eigenvalue weighted by Crippen LogP contribution is 2.26. The molecular weight excluding hydrogens is 336 g/mol. The van der Waals surface area contributed by atoms with Crippen molar-refractivity contribution >= 4 is 28.4 Å². The van der Waals surface area contributed by atoms with Gasteiger partial charge in [-0.3, -0.25) is 9.59 Å². The second-order valence-electron chi connectivity index (χ2n) is 5.73. The fourth-order valence-electron chi connectivity index (χ4n) is 2.69. The number of carbonyl (C=O) groups excluding carboxylic acids is 1. The van der Waals surface area contributed by atoms with Crippen molar-refractivity contribution < 1.29 is 20.3 Å². The average Bonchev–Trinajstić information content (AvgIpc) is 2.65. The van der Waals surface area contributed by atoms with Crippen LogP contribution in [0.4, 0.5) is 5.69 Å². The van der Waals surface area contributed by atoms with Crippen LogP contribution in [0.25, 0.3) is 17.0 Å². The van der Waals surface area contributed by atoms with E-state index in [1.54, 1.807) is 36.4 Å². The zero-order chi connectivity index (χ0) is 18.8. The Labute approximate surface area is 148 Å². The molecule has 0 fully saturated rings. The van der Waals surface area contributed by atoms with Gasteiger partial charge in [-0.25, -0.2) is 5.21 Å². The smallest absolute Gasteiger partial charge is 0.265 e. The SMILES string of the molecule is Cn1c(=O)c(C(=O)C=Cc2ccc([NH+]([O-])O)cc2)c(O)c2ccccc21. The maximum Gasteiger partial charge on any atom is 0.265 e. The molecular formula is C19H16N2O5. The van der Waals surface area contributed by atoms with Crippen LogP contribution in [0.5, 0.6) is 5.75 Å². The zero-order valence-electron chi connectivity index (χ0n) is 13.8. The molecule has 3 aromatic rings. The molecule has 0 saturated heterocycles. The number of hydrogen-bond acceptors (Lipinski definition) is 5. The molecule has 0 radical (unpaired) electrons. The second kappa shape index (κ2) is 6.93. The Morgan fingerprint density at radius 3 is 2.46 bits per heavy atom. The lowest BCUT2D eigenvalue weighted by atomic mass is 10.1. The summed E-state index contributed by atoms with van der Waals surface area (Å²) < 4.78 is 1.32. The van der Waals surface area contributed by atoms with E-state index in [4.69, 9.17) is 5.21 Å². The molecule has 0 spiro atoms. The van der Waals surface area contributed by atoms with Crippen LogP contribution < -0.4 is 10.8 Å². The van der Waals surface area contributed by atoms with Crippen molar-refractivity contribution in [3.63, 3.8) is 0 Å². The first-order valence-corrected chi connectivity index (χ1v) is 7.76. The number of nitrogens with zero attached hydrogens (tertiary/aromatic N) is 1. The van der Waals surface area contributed by atoms with Crippen molar-refractivity contribution in [1.82, 2.24) is 4.57 Å². The van der Waals surface area contributed by atoms with Crippen molar-refractivity contribution in [3.05, 3.63) is 81.3 Å². The normalized spacial score (nSPS) is 12.6. The Morgan fingerprint density at radius 1 is 1.15 bits per heavy atom. The third kappa shape index (κ3) is 3.14. The van der Waals surface area contributed by atoms with Crippen LogP contribution in [0.1, 0.15) is 15.9 Å². The van der Waals surface area contributed by atoms with E-state index < -0.39 is 16.6 Å². The molecule has 0 bridgehead atoms. The highest BCUT2D eigenvalue weighted by atomic mass is 16.8. The van der Waals surface area contributed by atoms with Crippen molar-refractivity contribution in [2.75, 3.05) is 0 Å². The first-order valence-electron chi connectivity index (χ1n) is 7.76. The number of aromatic hydroxyl groups is 1. The van der Waals surface area contributed by atoms with Crippen LogP contribution in [0.15, 0.2) is 59.4 Å². The topological polar surface area (TPSA) is 107 Å². The zero-order valence-corrected chi connectivity index (χ0v) is 13.8. The molecule has 1 heterocycles. The Bertz CT molecular complexity index is 1070. The number of pyridine rings is 1. The standard InChI is InChI=1S/C19H16N2O5/c1-20-15-5-3-2-4-14(15)18(23)17(19(20)24)16(22)11-8-12-6-9-13(10-7-12)21(25)26/h2-11,21,23,25H,1H3. The van der Waals surface area contributed by atoms with Gasteiger partial charge in [0.15, 0.2) is 11.5 Å². The fraction of sp³-hybridized carbons (Fsp3) is 0.0526. The number of rotatable bonds is 4. The highest BCUT2D eigenvalue weighted by molar-refractivity contribution is 6.11. The Balaban J connectivity index is 1.99. The molecule has 0 saturated carbocycles. The number of ketones is 1. The quantitative estimate of drug-likeness (QED) is 0.375. The molecule has 0 aliphatic heterocycles. The molecule has 7 nitrogen and oxygen atoms in total. The van der Waals surface area contributed by atoms with E-state index in [0.717, 1.165) is 0 Å². The van der Waals surface area contributed by atoms with Crippen LogP contribution >= 0.6 is 0 Å². The van der Waals surface area contributed by atoms with Gasteiger partial charge in [0.2, 0.25) is 0 Å². The lowest BCUT2D eigenvalue weighted by Crippen LogP contribution is -2.99. The van der Waals surface area contributed by atoms with Gasteiger partial charge < -0.3 is 14.9 Å². The maximum absolute atomic E-state index is 12.5. The largest absolute Gasteiger partial charge is 0.595 e. The number of hydrogen-bond donors (Lipinski definition) is 3. The van der Waals surface area contributed by atoms with Gasteiger partial charge in [0.1, 0.15) is 11.3 Å². The number of benzene rings is 2. The summed E-state index contributed by atoms with van der Waals surface area (Å²) in [5.74, 6) is -0.976. The summed E-state index contributed by atoms with van der Waals surface area (Å²) in [6.07, 6.45) is 2.64. The first kappa shape index (κ1) is 17.6. The highest BCUT2D eigenvalue weighted by Gasteiger charge is 2.19. The predicted molar refractivity (Wildman–Crippen MR) is 96.4 cm³/mol. The minimum absolute atomic E-state index is 0.134. The number of nitrogens with one attached hydrogen (secondary N) is 1. The summed E-state index contributed by atoms with van der Waals surface area (Å²) in [6, 6.07) is 12.7. The third-order valence-electron chi connectivity index (χ3n) is 4.11. The van der Waals surface area contributed by atoms with Crippen LogP contribution in [-0.4, -0.2) is 20.7 Å². The fourth-order valence-corrected chi connectivity index (χ4v) is 2.69. The van der Waals surface area contributed by atoms with E-state index in [-0.39, 0.29) is 17.0 Å². The van der Waals surface area contributed by atoms with Gasteiger partial charge in [-0.1, -0.05) is 18.2 Å². The molecule has 0 aliphatic carbocycles. The second-order valence-corrected chi connectivity index (χ2v) is 5.73. The molecule has 1 atom stereocenters. The van der Waals surface area contributed by atoms with Gasteiger partial charge in [-0.15, -0.1) is 0 Å². The lowest BCUT2D eigenvalue weighted by Gasteiger charge is -2.11. The molecule has 0 aliphatic rings. The minimum atomic E-state index is -1.04. The summed E-state index contributed by atoms with van der Waals surface area (Å²) in [6.45, 7) is 0. The van der Waals surface area contributed by atoms with Gasteiger partial charge in [-0.2, -0.15) is 5.23 Å². The Kier molecular flexibility index (Phi) is 4.68. The number of para-hydroxylation sites is 1. The average molecular weight is 352 g/mol. The van der Waals surface area contributed by atoms with Crippen LogP contribution in [0.3, 0.4) is 0 Å². The number of aromatic nitrogens is 1. The monoisotopic (exact) mass is 352 g/mol. The Hall–Kier alpha value is -3.26. The van der Waals surface area contributed by atoms with Gasteiger partial charge >= 0.3 is 0 Å². The molecule has 1 aromatic heterocycles. The lowest BCUT2D eigenvalue weighted by molar-refractivity contribution is -0.991. The molecule has 2 aromatic carbocycles. The molecule has 3 N–H and O–H groups in total. The minimum Gasteiger partial charge on any atom is -0.595 e. The number of aryl methyl sites for hydroxylation is 1. The van der Waals surface area contributed by atoms with E-state index in [1.165, 1.54) is 35.9 Å². The van der Waals surface area contributed by atoms with Crippen molar-refractivity contribution in [1.29, 1.82) is 0 Å². The summed E-state index contributed by atoms with van der Waals surface area (Å²) in [4.78, 5) is 24.9. The van der Waals surface area contributed by atoms with Crippen LogP contribution in [0.2, 0.25) is 0 Å².